The van der Waals surface area contributed by atoms with Crippen LogP contribution in [0.3, 0.4) is 0 Å². The fraction of sp³-hybridized carbons (Fsp3) is 0.312. The predicted octanol–water partition coefficient (Wildman–Crippen LogP) is 1.91. The second kappa shape index (κ2) is 7.48. The van der Waals surface area contributed by atoms with E-state index in [9.17, 15) is 9.59 Å². The van der Waals surface area contributed by atoms with Gasteiger partial charge in [-0.25, -0.2) is 9.48 Å². The van der Waals surface area contributed by atoms with Gasteiger partial charge in [-0.05, 0) is 31.0 Å². The monoisotopic (exact) mass is 374 g/mol. The maximum Gasteiger partial charge on any atom is 0.343 e. The van der Waals surface area contributed by atoms with Crippen LogP contribution in [-0.2, 0) is 13.5 Å². The summed E-state index contributed by atoms with van der Waals surface area (Å²) in [4.78, 5) is 25.7. The molecular weight excluding hydrogens is 356 g/mol. The molecule has 10 heteroatoms. The highest BCUT2D eigenvalue weighted by atomic mass is 32.1. The molecule has 0 fully saturated rings. The number of carbonyl (C=O) groups excluding carboxylic acids is 1. The molecule has 0 saturated carbocycles. The molecule has 26 heavy (non-hydrogen) atoms. The van der Waals surface area contributed by atoms with Gasteiger partial charge in [0.2, 0.25) is 11.0 Å². The van der Waals surface area contributed by atoms with Crippen molar-refractivity contribution in [1.82, 2.24) is 25.0 Å². The average Bonchev–Trinajstić information content (AvgIpc) is 3.23. The van der Waals surface area contributed by atoms with Gasteiger partial charge in [-0.1, -0.05) is 30.4 Å². The van der Waals surface area contributed by atoms with E-state index in [0.29, 0.717) is 10.1 Å². The summed E-state index contributed by atoms with van der Waals surface area (Å²) in [6.45, 7) is 3.95. The first kappa shape index (κ1) is 17.8. The third-order valence-corrected chi connectivity index (χ3v) is 4.64. The zero-order chi connectivity index (χ0) is 18.7. The summed E-state index contributed by atoms with van der Waals surface area (Å²) < 4.78 is 6.90. The maximum absolute atomic E-state index is 12.1. The summed E-state index contributed by atoms with van der Waals surface area (Å²) in [5.74, 6) is 0.0882. The van der Waals surface area contributed by atoms with E-state index in [-0.39, 0.29) is 11.9 Å². The van der Waals surface area contributed by atoms with Gasteiger partial charge in [0.15, 0.2) is 5.01 Å². The van der Waals surface area contributed by atoms with Crippen molar-refractivity contribution in [3.05, 3.63) is 51.1 Å². The highest BCUT2D eigenvalue weighted by Crippen LogP contribution is 2.26. The predicted molar refractivity (Wildman–Crippen MR) is 96.6 cm³/mol. The number of aromatic amines is 1. The fourth-order valence-electron chi connectivity index (χ4n) is 2.17. The van der Waals surface area contributed by atoms with E-state index < -0.39 is 11.6 Å². The highest BCUT2D eigenvalue weighted by Gasteiger charge is 2.17. The van der Waals surface area contributed by atoms with Crippen LogP contribution in [0.5, 0.6) is 5.75 Å². The van der Waals surface area contributed by atoms with Crippen molar-refractivity contribution in [3.8, 4) is 5.75 Å². The van der Waals surface area contributed by atoms with Crippen LogP contribution in [0, 0.1) is 0 Å². The molecule has 1 unspecified atom stereocenters. The lowest BCUT2D eigenvalue weighted by Gasteiger charge is -2.11. The first-order valence-electron chi connectivity index (χ1n) is 8.00. The molecule has 3 aromatic rings. The van der Waals surface area contributed by atoms with Gasteiger partial charge in [-0.2, -0.15) is 0 Å². The lowest BCUT2D eigenvalue weighted by atomic mass is 10.2. The average molecular weight is 374 g/mol. The zero-order valence-corrected chi connectivity index (χ0v) is 15.3. The van der Waals surface area contributed by atoms with E-state index in [2.05, 4.69) is 32.5 Å². The second-order valence-corrected chi connectivity index (χ2v) is 6.57. The van der Waals surface area contributed by atoms with Gasteiger partial charge in [-0.15, -0.1) is 15.3 Å². The van der Waals surface area contributed by atoms with Crippen LogP contribution < -0.4 is 15.7 Å². The van der Waals surface area contributed by atoms with Crippen molar-refractivity contribution >= 4 is 22.4 Å². The molecule has 0 bridgehead atoms. The molecule has 0 aliphatic heterocycles. The summed E-state index contributed by atoms with van der Waals surface area (Å²) >= 11 is 1.20. The van der Waals surface area contributed by atoms with Crippen LogP contribution in [0.15, 0.2) is 29.1 Å². The number of rotatable bonds is 6. The van der Waals surface area contributed by atoms with E-state index in [1.54, 1.807) is 0 Å². The van der Waals surface area contributed by atoms with Crippen molar-refractivity contribution in [2.45, 2.75) is 26.4 Å². The minimum Gasteiger partial charge on any atom is -0.483 e. The Bertz CT molecular complexity index is 959. The number of hydrogen-bond acceptors (Lipinski definition) is 7. The highest BCUT2D eigenvalue weighted by molar-refractivity contribution is 7.15. The first-order valence-corrected chi connectivity index (χ1v) is 8.81. The van der Waals surface area contributed by atoms with Crippen LogP contribution >= 0.6 is 11.3 Å². The number of H-pyrrole nitrogens is 1. The van der Waals surface area contributed by atoms with E-state index >= 15 is 0 Å². The molecule has 2 aromatic heterocycles. The van der Waals surface area contributed by atoms with Crippen molar-refractivity contribution in [2.24, 2.45) is 7.05 Å². The Morgan fingerprint density at radius 2 is 2.08 bits per heavy atom. The SMILES string of the molecule is CCc1ccc(OC(C)c2nnc(NC(=O)c3nn(C)c(=O)[nH]3)s2)cc1. The Kier molecular flexibility index (Phi) is 5.12. The molecule has 3 rings (SSSR count). The number of aryl methyl sites for hydroxylation is 2. The maximum atomic E-state index is 12.1. The Morgan fingerprint density at radius 3 is 2.69 bits per heavy atom. The number of carbonyl (C=O) groups is 1. The van der Waals surface area contributed by atoms with Gasteiger partial charge in [0, 0.05) is 7.05 Å². The molecule has 1 atom stereocenters. The largest absolute Gasteiger partial charge is 0.483 e. The molecule has 9 nitrogen and oxygen atoms in total. The molecule has 136 valence electrons. The number of nitrogens with zero attached hydrogens (tertiary/aromatic N) is 4. The smallest absolute Gasteiger partial charge is 0.343 e. The number of aromatic nitrogens is 5. The van der Waals surface area contributed by atoms with E-state index in [1.165, 1.54) is 23.9 Å². The van der Waals surface area contributed by atoms with Crippen LogP contribution in [0.1, 0.15) is 41.1 Å². The second-order valence-electron chi connectivity index (χ2n) is 5.56. The summed E-state index contributed by atoms with van der Waals surface area (Å²) in [6, 6.07) is 7.86. The Hall–Kier alpha value is -3.01. The fourth-order valence-corrected chi connectivity index (χ4v) is 2.89. The molecule has 1 amide bonds. The van der Waals surface area contributed by atoms with Crippen LogP contribution in [-0.4, -0.2) is 30.9 Å². The molecule has 2 N–H and O–H groups in total. The van der Waals surface area contributed by atoms with E-state index in [4.69, 9.17) is 4.74 Å². The third-order valence-electron chi connectivity index (χ3n) is 3.64. The lowest BCUT2D eigenvalue weighted by Crippen LogP contribution is -2.14. The minimum absolute atomic E-state index is 0.0884. The van der Waals surface area contributed by atoms with Crippen molar-refractivity contribution < 1.29 is 9.53 Å². The third kappa shape index (κ3) is 3.97. The number of ether oxygens (including phenoxy) is 1. The summed E-state index contributed by atoms with van der Waals surface area (Å²) in [7, 11) is 1.45. The number of hydrogen-bond donors (Lipinski definition) is 2. The number of nitrogens with one attached hydrogen (secondary N) is 2. The molecule has 0 spiro atoms. The molecule has 0 aliphatic rings. The Balaban J connectivity index is 1.64. The van der Waals surface area contributed by atoms with Crippen LogP contribution in [0.2, 0.25) is 0 Å². The van der Waals surface area contributed by atoms with Gasteiger partial charge in [-0.3, -0.25) is 15.1 Å². The molecule has 1 aromatic carbocycles. The standard InChI is InChI=1S/C16H18N6O3S/c1-4-10-5-7-11(8-6-10)25-9(2)14-19-20-15(26-14)18-13(23)12-17-16(24)22(3)21-12/h5-9H,4H2,1-3H3,(H,17,21,24)(H,18,20,23). The summed E-state index contributed by atoms with van der Waals surface area (Å²) in [5, 5.41) is 15.2. The Morgan fingerprint density at radius 1 is 1.35 bits per heavy atom. The van der Waals surface area contributed by atoms with Crippen molar-refractivity contribution in [2.75, 3.05) is 5.32 Å². The van der Waals surface area contributed by atoms with Gasteiger partial charge >= 0.3 is 5.69 Å². The minimum atomic E-state index is -0.561. The van der Waals surface area contributed by atoms with E-state index in [1.807, 2.05) is 31.2 Å². The van der Waals surface area contributed by atoms with E-state index in [0.717, 1.165) is 16.9 Å². The molecule has 0 radical (unpaired) electrons. The number of anilines is 1. The lowest BCUT2D eigenvalue weighted by molar-refractivity contribution is 0.101. The normalized spacial score (nSPS) is 12.0. The van der Waals surface area contributed by atoms with Crippen molar-refractivity contribution in [3.63, 3.8) is 0 Å². The molecular formula is C16H18N6O3S. The summed E-state index contributed by atoms with van der Waals surface area (Å²) in [5.41, 5.74) is 0.766. The zero-order valence-electron chi connectivity index (χ0n) is 14.5. The topological polar surface area (TPSA) is 115 Å². The number of benzene rings is 1. The van der Waals surface area contributed by atoms with Crippen LogP contribution in [0.25, 0.3) is 0 Å². The van der Waals surface area contributed by atoms with Crippen molar-refractivity contribution in [1.29, 1.82) is 0 Å². The van der Waals surface area contributed by atoms with Crippen LogP contribution in [0.4, 0.5) is 5.13 Å². The first-order chi connectivity index (χ1) is 12.5. The summed E-state index contributed by atoms with van der Waals surface area (Å²) in [6.07, 6.45) is 0.650. The quantitative estimate of drug-likeness (QED) is 0.681. The number of amides is 1. The molecule has 2 heterocycles. The van der Waals surface area contributed by atoms with Gasteiger partial charge < -0.3 is 4.74 Å². The Labute approximate surface area is 153 Å². The van der Waals surface area contributed by atoms with Gasteiger partial charge in [0.25, 0.3) is 5.91 Å². The molecule has 0 saturated heterocycles. The molecule has 0 aliphatic carbocycles. The van der Waals surface area contributed by atoms with Gasteiger partial charge in [0.05, 0.1) is 0 Å². The van der Waals surface area contributed by atoms with Gasteiger partial charge in [0.1, 0.15) is 11.9 Å².